The maximum Gasteiger partial charge on any atom is 0.129 e. The predicted octanol–water partition coefficient (Wildman–Crippen LogP) is 3.09. The molecule has 1 aromatic rings. The Kier molecular flexibility index (Phi) is 2.02. The van der Waals surface area contributed by atoms with Gasteiger partial charge in [-0.3, -0.25) is 0 Å². The monoisotopic (exact) mass is 193 g/mol. The summed E-state index contributed by atoms with van der Waals surface area (Å²) in [6, 6.07) is 3.65. The van der Waals surface area contributed by atoms with Crippen LogP contribution in [0, 0.1) is 5.82 Å². The molecular weight excluding hydrogens is 177 g/mol. The van der Waals surface area contributed by atoms with E-state index in [9.17, 15) is 4.39 Å². The van der Waals surface area contributed by atoms with Crippen molar-refractivity contribution in [1.29, 1.82) is 0 Å². The lowest BCUT2D eigenvalue weighted by Gasteiger charge is -2.19. The van der Waals surface area contributed by atoms with Gasteiger partial charge >= 0.3 is 0 Å². The zero-order valence-electron chi connectivity index (χ0n) is 8.95. The van der Waals surface area contributed by atoms with E-state index in [2.05, 4.69) is 25.2 Å². The number of halogens is 1. The normalized spacial score (nSPS) is 18.0. The average Bonchev–Trinajstić information content (AvgIpc) is 2.42. The number of hydrogen-bond acceptors (Lipinski definition) is 1. The first-order valence-electron chi connectivity index (χ1n) is 5.05. The van der Waals surface area contributed by atoms with Crippen LogP contribution in [0.25, 0.3) is 0 Å². The van der Waals surface area contributed by atoms with Crippen molar-refractivity contribution in [1.82, 2.24) is 0 Å². The molecule has 0 unspecified atom stereocenters. The van der Waals surface area contributed by atoms with Gasteiger partial charge in [0.25, 0.3) is 0 Å². The first-order valence-corrected chi connectivity index (χ1v) is 5.05. The van der Waals surface area contributed by atoms with Crippen LogP contribution in [0.5, 0.6) is 0 Å². The molecule has 2 heteroatoms. The summed E-state index contributed by atoms with van der Waals surface area (Å²) in [5.41, 5.74) is 2.96. The minimum Gasteiger partial charge on any atom is -0.388 e. The number of benzene rings is 1. The van der Waals surface area contributed by atoms with E-state index in [1.165, 1.54) is 5.56 Å². The van der Waals surface area contributed by atoms with Gasteiger partial charge in [-0.15, -0.1) is 0 Å². The van der Waals surface area contributed by atoms with Crippen molar-refractivity contribution in [3.05, 3.63) is 29.1 Å². The second-order valence-electron chi connectivity index (χ2n) is 4.63. The molecule has 0 radical (unpaired) electrons. The second-order valence-corrected chi connectivity index (χ2v) is 4.63. The quantitative estimate of drug-likeness (QED) is 0.722. The van der Waals surface area contributed by atoms with Crippen LogP contribution >= 0.6 is 0 Å². The van der Waals surface area contributed by atoms with Gasteiger partial charge in [0.1, 0.15) is 5.82 Å². The Balaban J connectivity index is 2.58. The number of rotatable bonds is 1. The van der Waals surface area contributed by atoms with Crippen molar-refractivity contribution in [2.24, 2.45) is 0 Å². The molecule has 1 nitrogen and oxygen atoms in total. The summed E-state index contributed by atoms with van der Waals surface area (Å²) in [4.78, 5) is 0. The molecule has 0 atom stereocenters. The lowest BCUT2D eigenvalue weighted by molar-refractivity contribution is 0.488. The molecule has 1 aliphatic carbocycles. The van der Waals surface area contributed by atoms with Gasteiger partial charge in [0.05, 0.1) is 0 Å². The number of anilines is 1. The Morgan fingerprint density at radius 2 is 2.07 bits per heavy atom. The van der Waals surface area contributed by atoms with E-state index in [1.54, 1.807) is 6.07 Å². The molecule has 76 valence electrons. The number of hydrogen-bond donors (Lipinski definition) is 1. The van der Waals surface area contributed by atoms with Gasteiger partial charge in [-0.25, -0.2) is 4.39 Å². The highest BCUT2D eigenvalue weighted by atomic mass is 19.1. The molecular formula is C12H16FN. The summed E-state index contributed by atoms with van der Waals surface area (Å²) in [5, 5.41) is 2.98. The molecule has 0 spiro atoms. The van der Waals surface area contributed by atoms with E-state index in [0.29, 0.717) is 0 Å². The van der Waals surface area contributed by atoms with Crippen LogP contribution in [0.4, 0.5) is 10.1 Å². The average molecular weight is 193 g/mol. The molecule has 0 saturated carbocycles. The molecule has 0 amide bonds. The van der Waals surface area contributed by atoms with Gasteiger partial charge in [-0.1, -0.05) is 13.8 Å². The van der Waals surface area contributed by atoms with E-state index < -0.39 is 0 Å². The molecule has 1 N–H and O–H groups in total. The molecule has 1 aromatic carbocycles. The van der Waals surface area contributed by atoms with E-state index in [1.807, 2.05) is 7.05 Å². The Morgan fingerprint density at radius 1 is 1.36 bits per heavy atom. The fraction of sp³-hybridized carbons (Fsp3) is 0.500. The first kappa shape index (κ1) is 9.50. The zero-order valence-corrected chi connectivity index (χ0v) is 8.95. The fourth-order valence-corrected chi connectivity index (χ4v) is 2.34. The van der Waals surface area contributed by atoms with E-state index in [-0.39, 0.29) is 11.2 Å². The topological polar surface area (TPSA) is 12.0 Å². The smallest absolute Gasteiger partial charge is 0.129 e. The number of fused-ring (bicyclic) bond motifs is 1. The third-order valence-corrected chi connectivity index (χ3v) is 3.16. The Morgan fingerprint density at radius 3 is 2.71 bits per heavy atom. The van der Waals surface area contributed by atoms with Crippen molar-refractivity contribution >= 4 is 5.69 Å². The summed E-state index contributed by atoms with van der Waals surface area (Å²) in [6.07, 6.45) is 2.04. The maximum absolute atomic E-state index is 13.8. The van der Waals surface area contributed by atoms with Gasteiger partial charge in [0, 0.05) is 12.7 Å². The number of aryl methyl sites for hydroxylation is 1. The summed E-state index contributed by atoms with van der Waals surface area (Å²) >= 11 is 0. The third-order valence-electron chi connectivity index (χ3n) is 3.16. The van der Waals surface area contributed by atoms with Crippen LogP contribution in [0.15, 0.2) is 12.1 Å². The molecule has 0 saturated heterocycles. The molecule has 0 heterocycles. The molecule has 14 heavy (non-hydrogen) atoms. The fourth-order valence-electron chi connectivity index (χ4n) is 2.34. The van der Waals surface area contributed by atoms with Gasteiger partial charge in [-0.05, 0) is 41.5 Å². The van der Waals surface area contributed by atoms with Crippen molar-refractivity contribution in [2.45, 2.75) is 32.1 Å². The highest BCUT2D eigenvalue weighted by molar-refractivity contribution is 5.52. The van der Waals surface area contributed by atoms with Crippen LogP contribution in [0.2, 0.25) is 0 Å². The molecule has 2 rings (SSSR count). The Bertz CT molecular complexity index is 369. The molecule has 0 fully saturated rings. The van der Waals surface area contributed by atoms with Crippen LogP contribution in [0.3, 0.4) is 0 Å². The molecule has 1 aliphatic rings. The van der Waals surface area contributed by atoms with Crippen molar-refractivity contribution < 1.29 is 4.39 Å². The summed E-state index contributed by atoms with van der Waals surface area (Å²) in [6.45, 7) is 4.22. The predicted molar refractivity (Wildman–Crippen MR) is 57.3 cm³/mol. The standard InChI is InChI=1S/C12H16FN/c1-12(2)5-4-8-6-9(14-3)7-10(13)11(8)12/h6-7,14H,4-5H2,1-3H3. The molecule has 0 bridgehead atoms. The number of nitrogens with one attached hydrogen (secondary N) is 1. The largest absolute Gasteiger partial charge is 0.388 e. The minimum absolute atomic E-state index is 0.00564. The van der Waals surface area contributed by atoms with E-state index >= 15 is 0 Å². The first-order chi connectivity index (χ1) is 6.54. The van der Waals surface area contributed by atoms with E-state index in [0.717, 1.165) is 24.1 Å². The lowest BCUT2D eigenvalue weighted by atomic mass is 9.86. The van der Waals surface area contributed by atoms with Crippen LogP contribution in [-0.4, -0.2) is 7.05 Å². The van der Waals surface area contributed by atoms with Crippen LogP contribution in [-0.2, 0) is 11.8 Å². The Hall–Kier alpha value is -1.05. The van der Waals surface area contributed by atoms with Crippen molar-refractivity contribution in [2.75, 3.05) is 12.4 Å². The second kappa shape index (κ2) is 2.97. The maximum atomic E-state index is 13.8. The van der Waals surface area contributed by atoms with Crippen molar-refractivity contribution in [3.8, 4) is 0 Å². The summed E-state index contributed by atoms with van der Waals surface area (Å²) in [7, 11) is 1.82. The van der Waals surface area contributed by atoms with Gasteiger partial charge in [0.2, 0.25) is 0 Å². The third kappa shape index (κ3) is 1.29. The highest BCUT2D eigenvalue weighted by Crippen LogP contribution is 2.40. The SMILES string of the molecule is CNc1cc(F)c2c(c1)CCC2(C)C. The molecule has 0 aliphatic heterocycles. The van der Waals surface area contributed by atoms with Crippen LogP contribution in [0.1, 0.15) is 31.4 Å². The summed E-state index contributed by atoms with van der Waals surface area (Å²) in [5.74, 6) is -0.0608. The summed E-state index contributed by atoms with van der Waals surface area (Å²) < 4.78 is 13.8. The van der Waals surface area contributed by atoms with Crippen molar-refractivity contribution in [3.63, 3.8) is 0 Å². The zero-order chi connectivity index (χ0) is 10.3. The lowest BCUT2D eigenvalue weighted by Crippen LogP contribution is -2.14. The Labute approximate surface area is 84.3 Å². The highest BCUT2D eigenvalue weighted by Gasteiger charge is 2.32. The van der Waals surface area contributed by atoms with Gasteiger partial charge < -0.3 is 5.32 Å². The van der Waals surface area contributed by atoms with Gasteiger partial charge in [0.15, 0.2) is 0 Å². The van der Waals surface area contributed by atoms with E-state index in [4.69, 9.17) is 0 Å². The van der Waals surface area contributed by atoms with Crippen LogP contribution < -0.4 is 5.32 Å². The minimum atomic E-state index is -0.0608. The molecule has 0 aromatic heterocycles. The van der Waals surface area contributed by atoms with Gasteiger partial charge in [-0.2, -0.15) is 0 Å².